The van der Waals surface area contributed by atoms with Gasteiger partial charge in [-0.3, -0.25) is 26.0 Å². The number of carbonyl (C=O) groups excluding carboxylic acids is 2. The van der Waals surface area contributed by atoms with E-state index in [1.807, 2.05) is 13.8 Å². The molecule has 0 spiro atoms. The van der Waals surface area contributed by atoms with E-state index in [0.717, 1.165) is 0 Å². The van der Waals surface area contributed by atoms with Crippen molar-refractivity contribution < 1.29 is 23.1 Å². The molecule has 0 aliphatic rings. The monoisotopic (exact) mass is 449 g/mol. The molecular formula is C20H27N5O5S. The summed E-state index contributed by atoms with van der Waals surface area (Å²) in [5.74, 6) is -1.16. The summed E-state index contributed by atoms with van der Waals surface area (Å²) >= 11 is 0. The summed E-state index contributed by atoms with van der Waals surface area (Å²) in [6.45, 7) is 3.71. The Morgan fingerprint density at radius 3 is 2.23 bits per heavy atom. The Hall–Kier alpha value is -2.73. The Labute approximate surface area is 181 Å². The number of aliphatic hydroxyl groups excluding tert-OH is 1. The molecule has 1 unspecified atom stereocenters. The number of pyridine rings is 2. The molecule has 2 atom stereocenters. The van der Waals surface area contributed by atoms with Gasteiger partial charge in [0.15, 0.2) is 10.8 Å². The highest BCUT2D eigenvalue weighted by molar-refractivity contribution is 7.92. The van der Waals surface area contributed by atoms with Crippen molar-refractivity contribution >= 4 is 21.5 Å². The van der Waals surface area contributed by atoms with Crippen LogP contribution < -0.4 is 16.8 Å². The number of aliphatic hydroxyl groups is 1. The summed E-state index contributed by atoms with van der Waals surface area (Å²) in [4.78, 5) is 30.3. The lowest BCUT2D eigenvalue weighted by atomic mass is 9.96. The summed E-state index contributed by atoms with van der Waals surface area (Å²) in [6.07, 6.45) is 0.329. The molecule has 10 nitrogen and oxygen atoms in total. The number of nitrogens with zero attached hydrogens (tertiary/aromatic N) is 2. The van der Waals surface area contributed by atoms with Crippen LogP contribution in [0.3, 0.4) is 0 Å². The Bertz CT molecular complexity index is 997. The fourth-order valence-electron chi connectivity index (χ4n) is 2.83. The lowest BCUT2D eigenvalue weighted by Crippen LogP contribution is -2.65. The number of aromatic nitrogens is 2. The molecule has 0 fully saturated rings. The summed E-state index contributed by atoms with van der Waals surface area (Å²) in [5, 5.41) is 12.6. The van der Waals surface area contributed by atoms with Gasteiger partial charge < -0.3 is 10.4 Å². The Morgan fingerprint density at radius 1 is 1.10 bits per heavy atom. The second kappa shape index (κ2) is 10.1. The molecule has 2 heterocycles. The van der Waals surface area contributed by atoms with Crippen LogP contribution in [0.15, 0.2) is 53.8 Å². The summed E-state index contributed by atoms with van der Waals surface area (Å²) in [7, 11) is -4.45. The van der Waals surface area contributed by atoms with Gasteiger partial charge in [0, 0.05) is 18.8 Å². The zero-order valence-corrected chi connectivity index (χ0v) is 18.1. The van der Waals surface area contributed by atoms with E-state index < -0.39 is 50.1 Å². The molecule has 0 aromatic carbocycles. The largest absolute Gasteiger partial charge is 0.388 e. The molecule has 6 N–H and O–H groups in total. The van der Waals surface area contributed by atoms with Crippen molar-refractivity contribution in [2.24, 2.45) is 17.4 Å². The molecule has 2 aromatic heterocycles. The highest BCUT2D eigenvalue weighted by atomic mass is 32.2. The fraction of sp³-hybridized carbons (Fsp3) is 0.400. The number of sulfone groups is 1. The summed E-state index contributed by atoms with van der Waals surface area (Å²) < 4.78 is 25.5. The van der Waals surface area contributed by atoms with Gasteiger partial charge in [-0.05, 0) is 36.6 Å². The van der Waals surface area contributed by atoms with E-state index >= 15 is 0 Å². The third kappa shape index (κ3) is 5.91. The minimum absolute atomic E-state index is 0.0212. The van der Waals surface area contributed by atoms with Crippen LogP contribution in [-0.4, -0.2) is 52.3 Å². The van der Waals surface area contributed by atoms with Crippen LogP contribution in [-0.2, 0) is 14.6 Å². The molecule has 0 radical (unpaired) electrons. The van der Waals surface area contributed by atoms with Crippen molar-refractivity contribution in [1.82, 2.24) is 15.3 Å². The van der Waals surface area contributed by atoms with Gasteiger partial charge in [-0.1, -0.05) is 26.0 Å². The number of hydrogen-bond donors (Lipinski definition) is 4. The van der Waals surface area contributed by atoms with Crippen LogP contribution in [0.2, 0.25) is 0 Å². The fourth-order valence-corrected chi connectivity index (χ4v) is 4.09. The molecule has 0 bridgehead atoms. The lowest BCUT2D eigenvalue weighted by molar-refractivity contribution is -0.123. The van der Waals surface area contributed by atoms with Gasteiger partial charge in [0.25, 0.3) is 5.91 Å². The minimum Gasteiger partial charge on any atom is -0.388 e. The van der Waals surface area contributed by atoms with Gasteiger partial charge in [-0.2, -0.15) is 0 Å². The maximum absolute atomic E-state index is 12.8. The predicted molar refractivity (Wildman–Crippen MR) is 113 cm³/mol. The molecule has 0 saturated heterocycles. The van der Waals surface area contributed by atoms with Crippen molar-refractivity contribution in [2.45, 2.75) is 48.9 Å². The Kier molecular flexibility index (Phi) is 7.96. The van der Waals surface area contributed by atoms with Gasteiger partial charge in [-0.25, -0.2) is 13.4 Å². The van der Waals surface area contributed by atoms with Crippen molar-refractivity contribution in [3.05, 3.63) is 54.5 Å². The Balaban J connectivity index is 2.18. The normalized spacial score (nSPS) is 14.1. The summed E-state index contributed by atoms with van der Waals surface area (Å²) in [5.41, 5.74) is 11.6. The average Bonchev–Trinajstić information content (AvgIpc) is 2.73. The highest BCUT2D eigenvalue weighted by Crippen LogP contribution is 2.21. The minimum atomic E-state index is -4.45. The number of Topliss-reactive ketones (excluding diaryl/α,β-unsaturated/α-hetero) is 1. The van der Waals surface area contributed by atoms with E-state index in [4.69, 9.17) is 11.5 Å². The van der Waals surface area contributed by atoms with Crippen LogP contribution in [0.25, 0.3) is 0 Å². The van der Waals surface area contributed by atoms with E-state index in [1.165, 1.54) is 36.7 Å². The summed E-state index contributed by atoms with van der Waals surface area (Å²) in [6, 6.07) is 7.91. The molecule has 31 heavy (non-hydrogen) atoms. The predicted octanol–water partition coefficient (Wildman–Crippen LogP) is -0.0137. The number of carbonyl (C=O) groups is 2. The van der Waals surface area contributed by atoms with E-state index in [-0.39, 0.29) is 18.0 Å². The van der Waals surface area contributed by atoms with Gasteiger partial charge in [0.05, 0.1) is 6.04 Å². The smallest absolute Gasteiger partial charge is 0.270 e. The first-order chi connectivity index (χ1) is 14.5. The maximum atomic E-state index is 12.8. The molecule has 0 aliphatic heterocycles. The van der Waals surface area contributed by atoms with Gasteiger partial charge in [-0.15, -0.1) is 0 Å². The molecule has 1 amide bonds. The lowest BCUT2D eigenvalue weighted by Gasteiger charge is -2.30. The number of amides is 1. The number of rotatable bonds is 10. The number of ketones is 1. The number of nitrogens with two attached hydrogens (primary N) is 2. The molecule has 0 aliphatic carbocycles. The van der Waals surface area contributed by atoms with Crippen molar-refractivity contribution in [3.8, 4) is 0 Å². The molecule has 168 valence electrons. The third-order valence-electron chi connectivity index (χ3n) is 4.59. The first kappa shape index (κ1) is 24.5. The standard InChI is InChI=1S/C20H27N5O5S/c1-13(2)11-15(25-19(28)14-7-3-5-9-23-14)16(26)12-17(27)20(21,22)31(29,30)18-8-4-6-10-24-18/h3-10,13,15,17,27H,11-12,21-22H2,1-2H3,(H,25,28)/t15-,17?/m0/s1. The highest BCUT2D eigenvalue weighted by Gasteiger charge is 2.46. The quantitative estimate of drug-likeness (QED) is 0.363. The first-order valence-corrected chi connectivity index (χ1v) is 11.1. The molecule has 2 aromatic rings. The van der Waals surface area contributed by atoms with E-state index in [0.29, 0.717) is 0 Å². The van der Waals surface area contributed by atoms with Crippen LogP contribution in [0, 0.1) is 5.92 Å². The van der Waals surface area contributed by atoms with Gasteiger partial charge in [0.1, 0.15) is 11.8 Å². The van der Waals surface area contributed by atoms with Crippen LogP contribution in [0.5, 0.6) is 0 Å². The zero-order chi connectivity index (χ0) is 23.2. The van der Waals surface area contributed by atoms with Crippen LogP contribution in [0.1, 0.15) is 37.2 Å². The van der Waals surface area contributed by atoms with Crippen molar-refractivity contribution in [2.75, 3.05) is 0 Å². The second-order valence-electron chi connectivity index (χ2n) is 7.58. The molecule has 2 rings (SSSR count). The number of nitrogens with one attached hydrogen (secondary N) is 1. The van der Waals surface area contributed by atoms with Crippen molar-refractivity contribution in [1.29, 1.82) is 0 Å². The topological polar surface area (TPSA) is 178 Å². The van der Waals surface area contributed by atoms with E-state index in [9.17, 15) is 23.1 Å². The van der Waals surface area contributed by atoms with E-state index in [1.54, 1.807) is 12.1 Å². The first-order valence-electron chi connectivity index (χ1n) is 9.63. The SMILES string of the molecule is CC(C)C[C@H](NC(=O)c1ccccn1)C(=O)CC(O)C(N)(N)S(=O)(=O)c1ccccn1. The number of hydrogen-bond acceptors (Lipinski definition) is 9. The third-order valence-corrected chi connectivity index (χ3v) is 6.59. The Morgan fingerprint density at radius 2 is 1.71 bits per heavy atom. The van der Waals surface area contributed by atoms with Crippen molar-refractivity contribution in [3.63, 3.8) is 0 Å². The van der Waals surface area contributed by atoms with Gasteiger partial charge >= 0.3 is 0 Å². The maximum Gasteiger partial charge on any atom is 0.270 e. The van der Waals surface area contributed by atoms with Crippen LogP contribution >= 0.6 is 0 Å². The average molecular weight is 450 g/mol. The van der Waals surface area contributed by atoms with E-state index in [2.05, 4.69) is 15.3 Å². The molecule has 0 saturated carbocycles. The van der Waals surface area contributed by atoms with Crippen LogP contribution in [0.4, 0.5) is 0 Å². The zero-order valence-electron chi connectivity index (χ0n) is 17.3. The second-order valence-corrected chi connectivity index (χ2v) is 9.71. The molecule has 11 heteroatoms. The van der Waals surface area contributed by atoms with Gasteiger partial charge in [0.2, 0.25) is 14.8 Å². The molecular weight excluding hydrogens is 422 g/mol.